The van der Waals surface area contributed by atoms with Crippen LogP contribution in [0.15, 0.2) is 18.2 Å². The molecule has 1 aliphatic carbocycles. The molecule has 0 bridgehead atoms. The molecule has 1 aliphatic rings. The molecule has 0 saturated heterocycles. The van der Waals surface area contributed by atoms with Gasteiger partial charge < -0.3 is 18.9 Å². The summed E-state index contributed by atoms with van der Waals surface area (Å²) < 4.78 is 21.3. The Hall–Kier alpha value is -1.83. The third-order valence-corrected chi connectivity index (χ3v) is 4.76. The highest BCUT2D eigenvalue weighted by molar-refractivity contribution is 5.79. The minimum atomic E-state index is -0.169. The van der Waals surface area contributed by atoms with Crippen LogP contribution in [0.4, 0.5) is 0 Å². The van der Waals surface area contributed by atoms with E-state index in [0.717, 1.165) is 18.4 Å². The fourth-order valence-corrected chi connectivity index (χ4v) is 3.52. The first kappa shape index (κ1) is 20.5. The number of hydrogen-bond donors (Lipinski definition) is 0. The number of benzene rings is 1. The second kappa shape index (κ2) is 9.75. The van der Waals surface area contributed by atoms with Crippen molar-refractivity contribution in [3.8, 4) is 11.5 Å². The molecule has 2 rings (SSSR count). The largest absolute Gasteiger partial charge is 0.468 e. The standard InChI is InChI=1S/C19H29NO6/c1-13-8-15(17(9-13)19(21)20(2)24-5)16-10-14(25-11-22-3)6-7-18(16)26-12-23-4/h6-7,10,13,15,17H,8-9,11-12H2,1-5H3/t13-,15-,17?/m0/s1. The molecule has 1 fully saturated rings. The monoisotopic (exact) mass is 367 g/mol. The fourth-order valence-electron chi connectivity index (χ4n) is 3.52. The highest BCUT2D eigenvalue weighted by Gasteiger charge is 2.40. The van der Waals surface area contributed by atoms with Crippen LogP contribution in [0, 0.1) is 11.8 Å². The summed E-state index contributed by atoms with van der Waals surface area (Å²) in [5, 5.41) is 1.30. The Morgan fingerprint density at radius 1 is 1.12 bits per heavy atom. The first-order valence-electron chi connectivity index (χ1n) is 8.70. The Labute approximate surface area is 155 Å². The molecule has 1 aromatic carbocycles. The maximum Gasteiger partial charge on any atom is 0.249 e. The van der Waals surface area contributed by atoms with Gasteiger partial charge in [0.05, 0.1) is 7.11 Å². The predicted molar refractivity (Wildman–Crippen MR) is 95.9 cm³/mol. The number of rotatable bonds is 9. The zero-order valence-electron chi connectivity index (χ0n) is 16.2. The van der Waals surface area contributed by atoms with Crippen LogP contribution in [0.2, 0.25) is 0 Å². The van der Waals surface area contributed by atoms with Crippen molar-refractivity contribution in [1.82, 2.24) is 5.06 Å². The molecule has 0 aliphatic heterocycles. The minimum Gasteiger partial charge on any atom is -0.468 e. The molecular formula is C19H29NO6. The lowest BCUT2D eigenvalue weighted by Gasteiger charge is -2.25. The maximum atomic E-state index is 12.8. The van der Waals surface area contributed by atoms with Crippen LogP contribution in [0.3, 0.4) is 0 Å². The van der Waals surface area contributed by atoms with Crippen molar-refractivity contribution in [2.45, 2.75) is 25.7 Å². The highest BCUT2D eigenvalue weighted by Crippen LogP contribution is 2.47. The van der Waals surface area contributed by atoms with Crippen LogP contribution in [-0.4, -0.2) is 52.9 Å². The van der Waals surface area contributed by atoms with Crippen molar-refractivity contribution in [1.29, 1.82) is 0 Å². The SMILES string of the molecule is COCOc1ccc(OCOC)c([C@@H]2C[C@H](C)CC2C(=O)N(C)OC)c1. The van der Waals surface area contributed by atoms with E-state index in [1.54, 1.807) is 21.3 Å². The Kier molecular flexibility index (Phi) is 7.68. The first-order valence-corrected chi connectivity index (χ1v) is 8.70. The van der Waals surface area contributed by atoms with E-state index in [9.17, 15) is 4.79 Å². The summed E-state index contributed by atoms with van der Waals surface area (Å²) in [5.74, 6) is 1.64. The van der Waals surface area contributed by atoms with E-state index in [2.05, 4.69) is 6.92 Å². The molecule has 0 spiro atoms. The summed E-state index contributed by atoms with van der Waals surface area (Å²) >= 11 is 0. The number of nitrogens with zero attached hydrogens (tertiary/aromatic N) is 1. The number of carbonyl (C=O) groups excluding carboxylic acids is 1. The van der Waals surface area contributed by atoms with Gasteiger partial charge in [0.2, 0.25) is 5.91 Å². The van der Waals surface area contributed by atoms with E-state index in [-0.39, 0.29) is 31.3 Å². The smallest absolute Gasteiger partial charge is 0.249 e. The van der Waals surface area contributed by atoms with Gasteiger partial charge in [0, 0.05) is 32.7 Å². The zero-order chi connectivity index (χ0) is 19.1. The lowest BCUT2D eigenvalue weighted by atomic mass is 9.87. The molecule has 1 aromatic rings. The topological polar surface area (TPSA) is 66.5 Å². The molecule has 1 unspecified atom stereocenters. The Bertz CT molecular complexity index is 593. The molecule has 0 radical (unpaired) electrons. The van der Waals surface area contributed by atoms with Gasteiger partial charge in [-0.15, -0.1) is 0 Å². The van der Waals surface area contributed by atoms with Gasteiger partial charge in [-0.05, 0) is 42.9 Å². The number of hydroxylamine groups is 2. The number of amides is 1. The molecular weight excluding hydrogens is 338 g/mol. The van der Waals surface area contributed by atoms with E-state index in [1.165, 1.54) is 12.2 Å². The van der Waals surface area contributed by atoms with Crippen molar-refractivity contribution in [3.63, 3.8) is 0 Å². The molecule has 146 valence electrons. The van der Waals surface area contributed by atoms with Gasteiger partial charge in [0.25, 0.3) is 0 Å². The van der Waals surface area contributed by atoms with Gasteiger partial charge in [-0.3, -0.25) is 9.63 Å². The lowest BCUT2D eigenvalue weighted by molar-refractivity contribution is -0.173. The van der Waals surface area contributed by atoms with Crippen LogP contribution in [0.1, 0.15) is 31.2 Å². The number of hydrogen-bond acceptors (Lipinski definition) is 6. The van der Waals surface area contributed by atoms with Gasteiger partial charge in [0.15, 0.2) is 13.6 Å². The lowest BCUT2D eigenvalue weighted by Crippen LogP contribution is -2.33. The second-order valence-corrected chi connectivity index (χ2v) is 6.61. The van der Waals surface area contributed by atoms with E-state index in [4.69, 9.17) is 23.8 Å². The Balaban J connectivity index is 2.35. The van der Waals surface area contributed by atoms with Crippen LogP contribution in [0.25, 0.3) is 0 Å². The van der Waals surface area contributed by atoms with Crippen molar-refractivity contribution in [3.05, 3.63) is 23.8 Å². The third-order valence-electron chi connectivity index (χ3n) is 4.76. The van der Waals surface area contributed by atoms with Crippen LogP contribution in [-0.2, 0) is 19.1 Å². The van der Waals surface area contributed by atoms with Gasteiger partial charge >= 0.3 is 0 Å². The molecule has 7 heteroatoms. The highest BCUT2D eigenvalue weighted by atomic mass is 16.7. The summed E-state index contributed by atoms with van der Waals surface area (Å²) in [7, 11) is 6.29. The molecule has 0 heterocycles. The van der Waals surface area contributed by atoms with Crippen molar-refractivity contribution >= 4 is 5.91 Å². The van der Waals surface area contributed by atoms with Gasteiger partial charge in [-0.1, -0.05) is 6.92 Å². The molecule has 7 nitrogen and oxygen atoms in total. The average molecular weight is 367 g/mol. The Morgan fingerprint density at radius 3 is 2.46 bits per heavy atom. The van der Waals surface area contributed by atoms with Crippen LogP contribution >= 0.6 is 0 Å². The first-order chi connectivity index (χ1) is 12.5. The molecule has 1 saturated carbocycles. The van der Waals surface area contributed by atoms with Gasteiger partial charge in [-0.25, -0.2) is 5.06 Å². The van der Waals surface area contributed by atoms with E-state index < -0.39 is 0 Å². The van der Waals surface area contributed by atoms with Crippen molar-refractivity contribution in [2.24, 2.45) is 11.8 Å². The minimum absolute atomic E-state index is 0.0213. The Morgan fingerprint density at radius 2 is 1.81 bits per heavy atom. The molecule has 0 aromatic heterocycles. The second-order valence-electron chi connectivity index (χ2n) is 6.61. The normalized spacial score (nSPS) is 22.3. The summed E-state index contributed by atoms with van der Waals surface area (Å²) in [4.78, 5) is 17.9. The van der Waals surface area contributed by atoms with Crippen LogP contribution in [0.5, 0.6) is 11.5 Å². The summed E-state index contributed by atoms with van der Waals surface area (Å²) in [6.07, 6.45) is 1.70. The van der Waals surface area contributed by atoms with Crippen molar-refractivity contribution < 1.29 is 28.6 Å². The number of ether oxygens (including phenoxy) is 4. The van der Waals surface area contributed by atoms with Gasteiger partial charge in [-0.2, -0.15) is 0 Å². The van der Waals surface area contributed by atoms with E-state index in [1.807, 2.05) is 18.2 Å². The fraction of sp³-hybridized carbons (Fsp3) is 0.632. The summed E-state index contributed by atoms with van der Waals surface area (Å²) in [6, 6.07) is 5.60. The summed E-state index contributed by atoms with van der Waals surface area (Å²) in [5.41, 5.74) is 0.947. The van der Waals surface area contributed by atoms with E-state index in [0.29, 0.717) is 17.4 Å². The summed E-state index contributed by atoms with van der Waals surface area (Å²) in [6.45, 7) is 2.46. The van der Waals surface area contributed by atoms with Gasteiger partial charge in [0.1, 0.15) is 11.5 Å². The van der Waals surface area contributed by atoms with Crippen LogP contribution < -0.4 is 9.47 Å². The third kappa shape index (κ3) is 4.87. The van der Waals surface area contributed by atoms with E-state index >= 15 is 0 Å². The molecule has 1 amide bonds. The quantitative estimate of drug-likeness (QED) is 0.494. The average Bonchev–Trinajstić information content (AvgIpc) is 3.05. The predicted octanol–water partition coefficient (Wildman–Crippen LogP) is 2.80. The zero-order valence-corrected chi connectivity index (χ0v) is 16.2. The molecule has 26 heavy (non-hydrogen) atoms. The molecule has 0 N–H and O–H groups in total. The maximum absolute atomic E-state index is 12.8. The number of methoxy groups -OCH3 is 2. The molecule has 3 atom stereocenters. The van der Waals surface area contributed by atoms with Crippen molar-refractivity contribution in [2.75, 3.05) is 42.0 Å². The number of carbonyl (C=O) groups is 1.